The third-order valence-electron chi connectivity index (χ3n) is 3.14. The molecule has 1 aromatic rings. The molecule has 0 aliphatic heterocycles. The molecule has 1 aromatic heterocycles. The van der Waals surface area contributed by atoms with Crippen molar-refractivity contribution in [1.82, 2.24) is 9.88 Å². The van der Waals surface area contributed by atoms with Crippen LogP contribution in [0.5, 0.6) is 0 Å². The normalized spacial score (nSPS) is 16.6. The van der Waals surface area contributed by atoms with Crippen molar-refractivity contribution in [3.8, 4) is 0 Å². The summed E-state index contributed by atoms with van der Waals surface area (Å²) in [5.41, 5.74) is 1.48. The van der Waals surface area contributed by atoms with Crippen LogP contribution in [0.15, 0.2) is 5.51 Å². The van der Waals surface area contributed by atoms with Crippen LogP contribution in [0.25, 0.3) is 0 Å². The Hall–Kier alpha value is -1.43. The molecule has 1 aliphatic carbocycles. The van der Waals surface area contributed by atoms with E-state index < -0.39 is 11.4 Å². The number of hydrogen-bond acceptors (Lipinski definition) is 4. The van der Waals surface area contributed by atoms with Crippen molar-refractivity contribution in [3.05, 3.63) is 16.1 Å². The Morgan fingerprint density at radius 1 is 1.59 bits per heavy atom. The largest absolute Gasteiger partial charge is 0.480 e. The van der Waals surface area contributed by atoms with Crippen LogP contribution < -0.4 is 0 Å². The van der Waals surface area contributed by atoms with Gasteiger partial charge in [-0.25, -0.2) is 4.98 Å². The number of thiazole rings is 1. The Bertz CT molecular complexity index is 465. The first-order valence-corrected chi connectivity index (χ1v) is 6.23. The molecule has 0 atom stereocenters. The fourth-order valence-electron chi connectivity index (χ4n) is 1.77. The van der Waals surface area contributed by atoms with Crippen LogP contribution in [-0.2, 0) is 16.1 Å². The smallest absolute Gasteiger partial charge is 0.319 e. The molecule has 1 N–H and O–H groups in total. The summed E-state index contributed by atoms with van der Waals surface area (Å²) in [5.74, 6) is -1.30. The predicted octanol–water partition coefficient (Wildman–Crippen LogP) is 1.27. The number of carbonyl (C=O) groups is 2. The number of amides is 1. The standard InChI is InChI=1S/C11H14N2O3S/c1-7-8(17-6-12-7)5-13(2)9(14)11(3-4-11)10(15)16/h6H,3-5H2,1-2H3,(H,15,16). The van der Waals surface area contributed by atoms with Gasteiger partial charge in [0, 0.05) is 11.9 Å². The topological polar surface area (TPSA) is 70.5 Å². The van der Waals surface area contributed by atoms with Gasteiger partial charge in [-0.05, 0) is 19.8 Å². The molecule has 0 bridgehead atoms. The molecule has 17 heavy (non-hydrogen) atoms. The van der Waals surface area contributed by atoms with E-state index in [1.165, 1.54) is 16.2 Å². The molecule has 2 rings (SSSR count). The molecule has 1 amide bonds. The summed E-state index contributed by atoms with van der Waals surface area (Å²) in [6, 6.07) is 0. The van der Waals surface area contributed by atoms with Crippen LogP contribution in [-0.4, -0.2) is 33.9 Å². The lowest BCUT2D eigenvalue weighted by Gasteiger charge is -2.20. The highest BCUT2D eigenvalue weighted by atomic mass is 32.1. The molecule has 1 aliphatic rings. The van der Waals surface area contributed by atoms with Gasteiger partial charge in [0.05, 0.1) is 17.7 Å². The maximum atomic E-state index is 12.0. The number of aryl methyl sites for hydroxylation is 1. The Labute approximate surface area is 103 Å². The van der Waals surface area contributed by atoms with E-state index in [-0.39, 0.29) is 5.91 Å². The van der Waals surface area contributed by atoms with Crippen molar-refractivity contribution >= 4 is 23.2 Å². The molecule has 1 fully saturated rings. The summed E-state index contributed by atoms with van der Waals surface area (Å²) >= 11 is 1.48. The highest BCUT2D eigenvalue weighted by Crippen LogP contribution is 2.47. The molecule has 5 nitrogen and oxygen atoms in total. The molecule has 0 unspecified atom stereocenters. The first kappa shape index (κ1) is 12.0. The van der Waals surface area contributed by atoms with Crippen molar-refractivity contribution in [2.75, 3.05) is 7.05 Å². The summed E-state index contributed by atoms with van der Waals surface area (Å²) in [6.07, 6.45) is 0.903. The first-order valence-electron chi connectivity index (χ1n) is 5.35. The number of carboxylic acid groups (broad SMARTS) is 1. The number of carboxylic acids is 1. The van der Waals surface area contributed by atoms with Gasteiger partial charge < -0.3 is 10.0 Å². The van der Waals surface area contributed by atoms with Gasteiger partial charge in [0.25, 0.3) is 0 Å². The van der Waals surface area contributed by atoms with E-state index in [9.17, 15) is 9.59 Å². The summed E-state index contributed by atoms with van der Waals surface area (Å²) in [7, 11) is 1.64. The van der Waals surface area contributed by atoms with E-state index >= 15 is 0 Å². The van der Waals surface area contributed by atoms with Gasteiger partial charge >= 0.3 is 5.97 Å². The average Bonchev–Trinajstić information content (AvgIpc) is 3.00. The third-order valence-corrected chi connectivity index (χ3v) is 4.06. The molecule has 1 saturated carbocycles. The molecular formula is C11H14N2O3S. The van der Waals surface area contributed by atoms with Gasteiger partial charge in [-0.2, -0.15) is 0 Å². The molecule has 6 heteroatoms. The second-order valence-electron chi connectivity index (χ2n) is 4.41. The maximum absolute atomic E-state index is 12.0. The van der Waals surface area contributed by atoms with Gasteiger partial charge in [-0.3, -0.25) is 9.59 Å². The summed E-state index contributed by atoms with van der Waals surface area (Å²) in [6.45, 7) is 2.32. The number of aliphatic carboxylic acids is 1. The van der Waals surface area contributed by atoms with Gasteiger partial charge in [0.15, 0.2) is 0 Å². The average molecular weight is 254 g/mol. The Morgan fingerprint density at radius 3 is 2.65 bits per heavy atom. The zero-order chi connectivity index (χ0) is 12.6. The Kier molecular flexibility index (Phi) is 2.91. The molecule has 92 valence electrons. The SMILES string of the molecule is Cc1ncsc1CN(C)C(=O)C1(C(=O)O)CC1. The highest BCUT2D eigenvalue weighted by Gasteiger charge is 2.58. The molecule has 0 spiro atoms. The Morgan fingerprint density at radius 2 is 2.24 bits per heavy atom. The number of hydrogen-bond donors (Lipinski definition) is 1. The summed E-state index contributed by atoms with van der Waals surface area (Å²) in [5, 5.41) is 9.05. The predicted molar refractivity (Wildman–Crippen MR) is 62.6 cm³/mol. The van der Waals surface area contributed by atoms with Gasteiger partial charge in [0.2, 0.25) is 5.91 Å². The minimum atomic E-state index is -1.15. The monoisotopic (exact) mass is 254 g/mol. The van der Waals surface area contributed by atoms with Gasteiger partial charge in [0.1, 0.15) is 5.41 Å². The lowest BCUT2D eigenvalue weighted by Crippen LogP contribution is -2.38. The molecule has 0 radical (unpaired) electrons. The molecule has 0 saturated heterocycles. The molecule has 0 aromatic carbocycles. The van der Waals surface area contributed by atoms with Crippen LogP contribution in [0, 0.1) is 12.3 Å². The van der Waals surface area contributed by atoms with Crippen LogP contribution in [0.1, 0.15) is 23.4 Å². The van der Waals surface area contributed by atoms with Crippen LogP contribution in [0.2, 0.25) is 0 Å². The fourth-order valence-corrected chi connectivity index (χ4v) is 2.60. The fraction of sp³-hybridized carbons (Fsp3) is 0.545. The lowest BCUT2D eigenvalue weighted by molar-refractivity contribution is -0.153. The lowest BCUT2D eigenvalue weighted by atomic mass is 10.1. The zero-order valence-corrected chi connectivity index (χ0v) is 10.6. The zero-order valence-electron chi connectivity index (χ0n) is 9.77. The number of nitrogens with zero attached hydrogens (tertiary/aromatic N) is 2. The van der Waals surface area contributed by atoms with E-state index in [2.05, 4.69) is 4.98 Å². The number of rotatable bonds is 4. The van der Waals surface area contributed by atoms with E-state index in [1.54, 1.807) is 12.6 Å². The van der Waals surface area contributed by atoms with E-state index in [1.807, 2.05) is 6.92 Å². The maximum Gasteiger partial charge on any atom is 0.319 e. The quantitative estimate of drug-likeness (QED) is 0.821. The van der Waals surface area contributed by atoms with Crippen molar-refractivity contribution in [1.29, 1.82) is 0 Å². The van der Waals surface area contributed by atoms with Crippen molar-refractivity contribution < 1.29 is 14.7 Å². The second-order valence-corrected chi connectivity index (χ2v) is 5.35. The third kappa shape index (κ3) is 2.04. The van der Waals surface area contributed by atoms with Crippen molar-refractivity contribution in [2.45, 2.75) is 26.3 Å². The van der Waals surface area contributed by atoms with Crippen molar-refractivity contribution in [3.63, 3.8) is 0 Å². The molecular weight excluding hydrogens is 240 g/mol. The minimum absolute atomic E-state index is 0.294. The van der Waals surface area contributed by atoms with Gasteiger partial charge in [-0.1, -0.05) is 0 Å². The second kappa shape index (κ2) is 4.10. The van der Waals surface area contributed by atoms with Crippen LogP contribution in [0.3, 0.4) is 0 Å². The van der Waals surface area contributed by atoms with E-state index in [0.717, 1.165) is 10.6 Å². The summed E-state index contributed by atoms with van der Waals surface area (Å²) in [4.78, 5) is 29.7. The van der Waals surface area contributed by atoms with Gasteiger partial charge in [-0.15, -0.1) is 11.3 Å². The highest BCUT2D eigenvalue weighted by molar-refractivity contribution is 7.09. The van der Waals surface area contributed by atoms with Crippen LogP contribution >= 0.6 is 11.3 Å². The molecule has 1 heterocycles. The minimum Gasteiger partial charge on any atom is -0.480 e. The van der Waals surface area contributed by atoms with Crippen molar-refractivity contribution in [2.24, 2.45) is 5.41 Å². The van der Waals surface area contributed by atoms with E-state index in [4.69, 9.17) is 5.11 Å². The van der Waals surface area contributed by atoms with Crippen LogP contribution in [0.4, 0.5) is 0 Å². The Balaban J connectivity index is 2.06. The number of carbonyl (C=O) groups excluding carboxylic acids is 1. The summed E-state index contributed by atoms with van der Waals surface area (Å²) < 4.78 is 0. The van der Waals surface area contributed by atoms with E-state index in [0.29, 0.717) is 19.4 Å². The number of aromatic nitrogens is 1. The first-order chi connectivity index (χ1) is 7.97.